The fourth-order valence-electron chi connectivity index (χ4n) is 7.76. The number of nitrogens with one attached hydrogen (secondary N) is 3. The lowest BCUT2D eigenvalue weighted by atomic mass is 9.95. The summed E-state index contributed by atoms with van der Waals surface area (Å²) in [6.07, 6.45) is 10.2. The first-order valence-electron chi connectivity index (χ1n) is 19.9. The van der Waals surface area contributed by atoms with Gasteiger partial charge in [0.1, 0.15) is 17.7 Å². The third kappa shape index (κ3) is 8.81. The molecule has 1 fully saturated rings. The van der Waals surface area contributed by atoms with Crippen molar-refractivity contribution in [3.05, 3.63) is 89.3 Å². The van der Waals surface area contributed by atoms with Crippen LogP contribution in [0.2, 0.25) is 0 Å². The number of nitrogens with zero attached hydrogens (tertiary/aromatic N) is 4. The van der Waals surface area contributed by atoms with E-state index in [0.717, 1.165) is 87.9 Å². The molecule has 5 N–H and O–H groups in total. The van der Waals surface area contributed by atoms with Gasteiger partial charge in [-0.2, -0.15) is 0 Å². The predicted molar refractivity (Wildman–Crippen MR) is 222 cm³/mol. The first-order chi connectivity index (χ1) is 27.0. The second kappa shape index (κ2) is 18.0. The zero-order valence-electron chi connectivity index (χ0n) is 33.5. The molecule has 3 atom stereocenters. The van der Waals surface area contributed by atoms with E-state index in [1.54, 1.807) is 4.90 Å². The highest BCUT2D eigenvalue weighted by molar-refractivity contribution is 6.05. The Labute approximate surface area is 329 Å². The monoisotopic (exact) mass is 760 g/mol. The van der Waals surface area contributed by atoms with Crippen LogP contribution in [0.15, 0.2) is 60.8 Å². The Hall–Kier alpha value is -5.49. The summed E-state index contributed by atoms with van der Waals surface area (Å²) in [5, 5.41) is 4.88. The molecule has 6 rings (SSSR count). The molecule has 1 aliphatic heterocycles. The number of fused-ring (bicyclic) bond motifs is 3. The Bertz CT molecular complexity index is 2200. The maximum atomic E-state index is 13.7. The normalized spacial score (nSPS) is 15.6. The van der Waals surface area contributed by atoms with Crippen molar-refractivity contribution in [1.29, 1.82) is 0 Å². The quantitative estimate of drug-likeness (QED) is 0.0848. The van der Waals surface area contributed by atoms with E-state index in [1.165, 1.54) is 12.7 Å². The third-order valence-corrected chi connectivity index (χ3v) is 10.9. The molecular formula is C44H56N8O4. The number of ether oxygens (including phenoxy) is 1. The lowest BCUT2D eigenvalue weighted by molar-refractivity contribution is -0.135. The molecule has 0 aliphatic carbocycles. The van der Waals surface area contributed by atoms with Crippen LogP contribution in [0, 0.1) is 12.8 Å². The van der Waals surface area contributed by atoms with Gasteiger partial charge in [0, 0.05) is 36.3 Å². The summed E-state index contributed by atoms with van der Waals surface area (Å²) < 4.78 is 4.79. The molecule has 2 aromatic heterocycles. The number of benzene rings is 3. The van der Waals surface area contributed by atoms with E-state index in [0.29, 0.717) is 19.6 Å². The molecule has 3 amide bonds. The van der Waals surface area contributed by atoms with Gasteiger partial charge in [0.15, 0.2) is 0 Å². The van der Waals surface area contributed by atoms with Crippen LogP contribution in [-0.2, 0) is 20.9 Å². The summed E-state index contributed by atoms with van der Waals surface area (Å²) in [6, 6.07) is 16.3. The van der Waals surface area contributed by atoms with Gasteiger partial charge in [-0.3, -0.25) is 9.59 Å². The number of alkyl carbamates (subject to hydrolysis) is 1. The van der Waals surface area contributed by atoms with Gasteiger partial charge in [-0.1, -0.05) is 76.6 Å². The highest BCUT2D eigenvalue weighted by Crippen LogP contribution is 2.35. The summed E-state index contributed by atoms with van der Waals surface area (Å²) >= 11 is 0. The molecule has 0 bridgehead atoms. The van der Waals surface area contributed by atoms with E-state index < -0.39 is 12.1 Å². The van der Waals surface area contributed by atoms with Gasteiger partial charge in [-0.15, -0.1) is 0 Å². The van der Waals surface area contributed by atoms with Gasteiger partial charge < -0.3 is 35.6 Å². The Kier molecular flexibility index (Phi) is 12.9. The van der Waals surface area contributed by atoms with Crippen LogP contribution < -0.4 is 11.1 Å². The average Bonchev–Trinajstić information content (AvgIpc) is 3.98. The Morgan fingerprint density at radius 3 is 2.59 bits per heavy atom. The fourth-order valence-corrected chi connectivity index (χ4v) is 7.76. The fraction of sp³-hybridized carbons (Fsp3) is 0.432. The van der Waals surface area contributed by atoms with Gasteiger partial charge >= 0.3 is 6.09 Å². The lowest BCUT2D eigenvalue weighted by Crippen LogP contribution is -2.51. The Balaban J connectivity index is 1.22. The van der Waals surface area contributed by atoms with Gasteiger partial charge in [0.25, 0.3) is 0 Å². The molecule has 0 radical (unpaired) electrons. The number of hydrogen-bond acceptors (Lipinski definition) is 7. The van der Waals surface area contributed by atoms with Crippen LogP contribution in [0.1, 0.15) is 100 Å². The zero-order valence-corrected chi connectivity index (χ0v) is 33.5. The number of likely N-dealkylation sites (tertiary alicyclic amines) is 1. The Morgan fingerprint density at radius 2 is 1.86 bits per heavy atom. The zero-order chi connectivity index (χ0) is 39.9. The number of nitrogens with two attached hydrogens (primary N) is 1. The molecule has 1 saturated heterocycles. The van der Waals surface area contributed by atoms with Crippen molar-refractivity contribution in [2.24, 2.45) is 11.7 Å². The number of rotatable bonds is 15. The van der Waals surface area contributed by atoms with Crippen molar-refractivity contribution < 1.29 is 19.1 Å². The van der Waals surface area contributed by atoms with E-state index in [1.807, 2.05) is 37.9 Å². The van der Waals surface area contributed by atoms with Gasteiger partial charge in [0.05, 0.1) is 37.3 Å². The van der Waals surface area contributed by atoms with Gasteiger partial charge in [0.2, 0.25) is 11.8 Å². The number of imidazole rings is 2. The minimum absolute atomic E-state index is 0.00898. The molecular weight excluding hydrogens is 705 g/mol. The van der Waals surface area contributed by atoms with Crippen LogP contribution in [0.25, 0.3) is 39.0 Å². The molecule has 0 spiro atoms. The summed E-state index contributed by atoms with van der Waals surface area (Å²) in [5.41, 5.74) is 13.1. The van der Waals surface area contributed by atoms with E-state index >= 15 is 0 Å². The summed E-state index contributed by atoms with van der Waals surface area (Å²) in [5.74, 6) is 1.37. The minimum atomic E-state index is -0.686. The molecule has 296 valence electrons. The molecule has 1 aliphatic rings. The van der Waals surface area contributed by atoms with Crippen LogP contribution >= 0.6 is 0 Å². The number of allylic oxidation sites excluding steroid dienone is 1. The molecule has 56 heavy (non-hydrogen) atoms. The molecule has 3 aromatic carbocycles. The molecule has 12 heteroatoms. The largest absolute Gasteiger partial charge is 0.453 e. The number of H-pyrrole nitrogens is 2. The lowest BCUT2D eigenvalue weighted by Gasteiger charge is -2.29. The van der Waals surface area contributed by atoms with Crippen molar-refractivity contribution >= 4 is 45.8 Å². The van der Waals surface area contributed by atoms with Crippen LogP contribution in [0.5, 0.6) is 0 Å². The molecule has 3 heterocycles. The number of amides is 3. The summed E-state index contributed by atoms with van der Waals surface area (Å²) in [4.78, 5) is 58.3. The number of aromatic nitrogens is 4. The topological polar surface area (TPSA) is 162 Å². The second-order valence-electron chi connectivity index (χ2n) is 15.2. The number of methoxy groups -OCH3 is 1. The van der Waals surface area contributed by atoms with E-state index in [9.17, 15) is 14.4 Å². The van der Waals surface area contributed by atoms with Crippen molar-refractivity contribution in [1.82, 2.24) is 35.1 Å². The van der Waals surface area contributed by atoms with Crippen molar-refractivity contribution in [3.8, 4) is 11.1 Å². The number of aromatic amines is 2. The smallest absolute Gasteiger partial charge is 0.407 e. The van der Waals surface area contributed by atoms with E-state index in [4.69, 9.17) is 15.5 Å². The van der Waals surface area contributed by atoms with Crippen molar-refractivity contribution in [2.75, 3.05) is 26.7 Å². The summed E-state index contributed by atoms with van der Waals surface area (Å²) in [6.45, 7) is 11.9. The molecule has 1 unspecified atom stereocenters. The third-order valence-electron chi connectivity index (χ3n) is 10.9. The molecule has 12 nitrogen and oxygen atoms in total. The number of carbonyl (C=O) groups excluding carboxylic acids is 3. The number of carbonyl (C=O) groups is 3. The first kappa shape index (κ1) is 40.2. The standard InChI is InChI=1S/C44H56N8O4/c1-7-10-29(36-25-46-38(47-36)26-51(20-8-2)39(53)24-45)14-15-30-22-31(13-12-28(30)5)32-16-18-34-33(23-32)17-19-35-41(34)49-42(48-35)37-11-9-21-52(37)43(54)40(27(3)4)50-44(55)56-6/h12-19,22-23,25,27,29,37,40H,7-11,20-21,24,26,45H2,1-6H3,(H,46,47)(H,48,49)(H,50,55)/b15-14-/t29?,37-,40-/m0/s1. The van der Waals surface area contributed by atoms with Gasteiger partial charge in [-0.25, -0.2) is 14.8 Å². The van der Waals surface area contributed by atoms with Crippen molar-refractivity contribution in [3.63, 3.8) is 0 Å². The SMILES string of the molecule is CCCC(/C=C\c1cc(-c2ccc3c(ccc4nc([C@@H]5CCCN5C(=O)[C@@H](NC(=O)OC)C(C)C)[nH]c43)c2)ccc1C)c1cnc(CN(CCC)C(=O)CN)[nH]1. The Morgan fingerprint density at radius 1 is 1.07 bits per heavy atom. The minimum Gasteiger partial charge on any atom is -0.453 e. The van der Waals surface area contributed by atoms with E-state index in [2.05, 4.69) is 88.7 Å². The summed E-state index contributed by atoms with van der Waals surface area (Å²) in [7, 11) is 1.30. The van der Waals surface area contributed by atoms with Crippen LogP contribution in [0.4, 0.5) is 4.79 Å². The van der Waals surface area contributed by atoms with E-state index in [-0.39, 0.29) is 36.2 Å². The van der Waals surface area contributed by atoms with Gasteiger partial charge in [-0.05, 0) is 84.4 Å². The maximum absolute atomic E-state index is 13.7. The van der Waals surface area contributed by atoms with Crippen LogP contribution in [-0.4, -0.2) is 80.4 Å². The first-order valence-corrected chi connectivity index (χ1v) is 19.9. The highest BCUT2D eigenvalue weighted by Gasteiger charge is 2.37. The molecule has 0 saturated carbocycles. The molecule has 5 aromatic rings. The second-order valence-corrected chi connectivity index (χ2v) is 15.2. The predicted octanol–water partition coefficient (Wildman–Crippen LogP) is 7.75. The maximum Gasteiger partial charge on any atom is 0.407 e. The van der Waals surface area contributed by atoms with Crippen LogP contribution in [0.3, 0.4) is 0 Å². The number of hydrogen-bond donors (Lipinski definition) is 4. The number of aryl methyl sites for hydroxylation is 1. The average molecular weight is 761 g/mol. The highest BCUT2D eigenvalue weighted by atomic mass is 16.5. The van der Waals surface area contributed by atoms with Crippen molar-refractivity contribution in [2.45, 2.75) is 91.3 Å².